The number of nitrogens with zero attached hydrogens (tertiary/aromatic N) is 1. The summed E-state index contributed by atoms with van der Waals surface area (Å²) in [6, 6.07) is 10.1. The molecule has 1 aromatic carbocycles. The molecule has 0 amide bonds. The molecule has 2 rings (SSSR count). The predicted octanol–water partition coefficient (Wildman–Crippen LogP) is 3.22. The second-order valence-electron chi connectivity index (χ2n) is 5.58. The van der Waals surface area contributed by atoms with Gasteiger partial charge in [0.05, 0.1) is 0 Å². The average Bonchev–Trinajstić information content (AvgIpc) is 2.78. The van der Waals surface area contributed by atoms with E-state index in [0.29, 0.717) is 12.1 Å². The molecular weight excluding hydrogens is 220 g/mol. The van der Waals surface area contributed by atoms with Crippen molar-refractivity contribution in [2.75, 3.05) is 18.0 Å². The lowest BCUT2D eigenvalue weighted by atomic mass is 10.1. The van der Waals surface area contributed by atoms with Gasteiger partial charge in [-0.05, 0) is 24.5 Å². The molecule has 0 radical (unpaired) electrons. The van der Waals surface area contributed by atoms with E-state index in [-0.39, 0.29) is 0 Å². The molecule has 100 valence electrons. The summed E-state index contributed by atoms with van der Waals surface area (Å²) < 4.78 is 0. The van der Waals surface area contributed by atoms with E-state index >= 15 is 0 Å². The number of nitrogens with one attached hydrogen (secondary N) is 1. The van der Waals surface area contributed by atoms with Gasteiger partial charge in [-0.2, -0.15) is 0 Å². The SMILES string of the molecule is CCCC(CNC(C)C)N1CCc2ccccc21. The number of benzene rings is 1. The van der Waals surface area contributed by atoms with Gasteiger partial charge in [-0.3, -0.25) is 0 Å². The highest BCUT2D eigenvalue weighted by Crippen LogP contribution is 2.30. The van der Waals surface area contributed by atoms with Gasteiger partial charge in [-0.25, -0.2) is 0 Å². The number of para-hydroxylation sites is 1. The Bertz CT molecular complexity index is 373. The van der Waals surface area contributed by atoms with Crippen molar-refractivity contribution < 1.29 is 0 Å². The molecule has 2 heteroatoms. The second-order valence-corrected chi connectivity index (χ2v) is 5.58. The highest BCUT2D eigenvalue weighted by Gasteiger charge is 2.24. The zero-order chi connectivity index (χ0) is 13.0. The van der Waals surface area contributed by atoms with Crippen molar-refractivity contribution in [3.05, 3.63) is 29.8 Å². The first-order valence-corrected chi connectivity index (χ1v) is 7.30. The van der Waals surface area contributed by atoms with Crippen molar-refractivity contribution in [1.29, 1.82) is 0 Å². The van der Waals surface area contributed by atoms with Crippen LogP contribution >= 0.6 is 0 Å². The molecule has 0 fully saturated rings. The molecule has 1 heterocycles. The second kappa shape index (κ2) is 6.24. The Morgan fingerprint density at radius 1 is 1.28 bits per heavy atom. The lowest BCUT2D eigenvalue weighted by molar-refractivity contribution is 0.478. The Morgan fingerprint density at radius 2 is 2.06 bits per heavy atom. The van der Waals surface area contributed by atoms with Gasteiger partial charge in [0.2, 0.25) is 0 Å². The van der Waals surface area contributed by atoms with Gasteiger partial charge in [-0.1, -0.05) is 45.4 Å². The largest absolute Gasteiger partial charge is 0.367 e. The van der Waals surface area contributed by atoms with Crippen LogP contribution in [0.25, 0.3) is 0 Å². The fourth-order valence-electron chi connectivity index (χ4n) is 2.82. The molecule has 1 unspecified atom stereocenters. The van der Waals surface area contributed by atoms with Crippen LogP contribution in [0.1, 0.15) is 39.2 Å². The minimum Gasteiger partial charge on any atom is -0.367 e. The van der Waals surface area contributed by atoms with Gasteiger partial charge >= 0.3 is 0 Å². The highest BCUT2D eigenvalue weighted by molar-refractivity contribution is 5.58. The third kappa shape index (κ3) is 3.05. The number of anilines is 1. The lowest BCUT2D eigenvalue weighted by Crippen LogP contribution is -2.43. The molecule has 1 atom stereocenters. The third-order valence-corrected chi connectivity index (χ3v) is 3.75. The molecule has 2 nitrogen and oxygen atoms in total. The number of hydrogen-bond acceptors (Lipinski definition) is 2. The summed E-state index contributed by atoms with van der Waals surface area (Å²) in [6.45, 7) is 9.01. The van der Waals surface area contributed by atoms with Crippen molar-refractivity contribution in [2.45, 2.75) is 52.1 Å². The van der Waals surface area contributed by atoms with Gasteiger partial charge < -0.3 is 10.2 Å². The molecule has 18 heavy (non-hydrogen) atoms. The van der Waals surface area contributed by atoms with Crippen molar-refractivity contribution in [2.24, 2.45) is 0 Å². The quantitative estimate of drug-likeness (QED) is 0.829. The van der Waals surface area contributed by atoms with Gasteiger partial charge in [-0.15, -0.1) is 0 Å². The molecule has 0 saturated carbocycles. The van der Waals surface area contributed by atoms with Crippen LogP contribution < -0.4 is 10.2 Å². The maximum Gasteiger partial charge on any atom is 0.0414 e. The molecule has 1 N–H and O–H groups in total. The van der Waals surface area contributed by atoms with Crippen LogP contribution in [0.15, 0.2) is 24.3 Å². The summed E-state index contributed by atoms with van der Waals surface area (Å²) in [4.78, 5) is 2.61. The molecule has 0 aromatic heterocycles. The van der Waals surface area contributed by atoms with Crippen LogP contribution in [-0.2, 0) is 6.42 Å². The summed E-state index contributed by atoms with van der Waals surface area (Å²) in [5.41, 5.74) is 2.98. The van der Waals surface area contributed by atoms with Gasteiger partial charge in [0.15, 0.2) is 0 Å². The standard InChI is InChI=1S/C16H26N2/c1-4-7-15(12-17-13(2)3)18-11-10-14-8-5-6-9-16(14)18/h5-6,8-9,13,15,17H,4,7,10-12H2,1-3H3. The molecule has 1 aliphatic heterocycles. The summed E-state index contributed by atoms with van der Waals surface area (Å²) in [5, 5.41) is 3.60. The normalized spacial score (nSPS) is 16.1. The van der Waals surface area contributed by atoms with Crippen LogP contribution in [0, 0.1) is 0 Å². The van der Waals surface area contributed by atoms with E-state index in [2.05, 4.69) is 55.3 Å². The first-order chi connectivity index (χ1) is 8.72. The van der Waals surface area contributed by atoms with Crippen LogP contribution in [0.4, 0.5) is 5.69 Å². The van der Waals surface area contributed by atoms with Crippen LogP contribution in [0.3, 0.4) is 0 Å². The van der Waals surface area contributed by atoms with Crippen LogP contribution in [0.2, 0.25) is 0 Å². The molecule has 0 bridgehead atoms. The number of hydrogen-bond donors (Lipinski definition) is 1. The first kappa shape index (κ1) is 13.4. The van der Waals surface area contributed by atoms with Crippen molar-refractivity contribution in [3.63, 3.8) is 0 Å². The first-order valence-electron chi connectivity index (χ1n) is 7.30. The minimum atomic E-state index is 0.571. The van der Waals surface area contributed by atoms with E-state index in [1.54, 1.807) is 0 Å². The summed E-state index contributed by atoms with van der Waals surface area (Å²) in [7, 11) is 0. The molecule has 1 aromatic rings. The maximum absolute atomic E-state index is 3.60. The number of rotatable bonds is 6. The van der Waals surface area contributed by atoms with E-state index in [1.165, 1.54) is 37.1 Å². The van der Waals surface area contributed by atoms with E-state index < -0.39 is 0 Å². The third-order valence-electron chi connectivity index (χ3n) is 3.75. The van der Waals surface area contributed by atoms with Crippen LogP contribution in [0.5, 0.6) is 0 Å². The zero-order valence-electron chi connectivity index (χ0n) is 11.9. The Labute approximate surface area is 111 Å². The smallest absolute Gasteiger partial charge is 0.0414 e. The number of fused-ring (bicyclic) bond motifs is 1. The lowest BCUT2D eigenvalue weighted by Gasteiger charge is -2.31. The van der Waals surface area contributed by atoms with Crippen molar-refractivity contribution >= 4 is 5.69 Å². The summed E-state index contributed by atoms with van der Waals surface area (Å²) >= 11 is 0. The summed E-state index contributed by atoms with van der Waals surface area (Å²) in [5.74, 6) is 0. The fraction of sp³-hybridized carbons (Fsp3) is 0.625. The predicted molar refractivity (Wildman–Crippen MR) is 79.3 cm³/mol. The monoisotopic (exact) mass is 246 g/mol. The minimum absolute atomic E-state index is 0.571. The highest BCUT2D eigenvalue weighted by atomic mass is 15.2. The van der Waals surface area contributed by atoms with Crippen molar-refractivity contribution in [3.8, 4) is 0 Å². The molecular formula is C16H26N2. The van der Waals surface area contributed by atoms with E-state index in [4.69, 9.17) is 0 Å². The zero-order valence-corrected chi connectivity index (χ0v) is 11.9. The average molecular weight is 246 g/mol. The molecule has 0 aliphatic carbocycles. The maximum atomic E-state index is 3.60. The fourth-order valence-corrected chi connectivity index (χ4v) is 2.82. The van der Waals surface area contributed by atoms with Crippen LogP contribution in [-0.4, -0.2) is 25.2 Å². The molecule has 0 spiro atoms. The summed E-state index contributed by atoms with van der Waals surface area (Å²) in [6.07, 6.45) is 3.73. The van der Waals surface area contributed by atoms with Gasteiger partial charge in [0, 0.05) is 30.9 Å². The Morgan fingerprint density at radius 3 is 2.78 bits per heavy atom. The Kier molecular flexibility index (Phi) is 4.65. The van der Waals surface area contributed by atoms with Gasteiger partial charge in [0.1, 0.15) is 0 Å². The van der Waals surface area contributed by atoms with Crippen molar-refractivity contribution in [1.82, 2.24) is 5.32 Å². The van der Waals surface area contributed by atoms with E-state index in [9.17, 15) is 0 Å². The molecule has 0 saturated heterocycles. The topological polar surface area (TPSA) is 15.3 Å². The molecule has 1 aliphatic rings. The van der Waals surface area contributed by atoms with E-state index in [1.807, 2.05) is 0 Å². The van der Waals surface area contributed by atoms with Gasteiger partial charge in [0.25, 0.3) is 0 Å². The van der Waals surface area contributed by atoms with E-state index in [0.717, 1.165) is 6.54 Å². The Balaban J connectivity index is 2.07. The Hall–Kier alpha value is -1.02.